The SMILES string of the molecule is CNN/C(C)=C(C)/C(C)=C/C(N)=C(C)C. The molecule has 0 amide bonds. The van der Waals surface area contributed by atoms with Crippen molar-refractivity contribution in [2.45, 2.75) is 34.6 Å². The number of hydrazine groups is 1. The Kier molecular flexibility index (Phi) is 5.79. The van der Waals surface area contributed by atoms with Crippen LogP contribution in [-0.4, -0.2) is 7.05 Å². The molecule has 0 radical (unpaired) electrons. The van der Waals surface area contributed by atoms with Crippen LogP contribution in [0.15, 0.2) is 34.2 Å². The summed E-state index contributed by atoms with van der Waals surface area (Å²) in [6.07, 6.45) is 2.01. The Morgan fingerprint density at radius 3 is 2.00 bits per heavy atom. The molecule has 0 atom stereocenters. The lowest BCUT2D eigenvalue weighted by atomic mass is 10.1. The fraction of sp³-hybridized carbons (Fsp3) is 0.500. The molecule has 4 N–H and O–H groups in total. The summed E-state index contributed by atoms with van der Waals surface area (Å²) in [5, 5.41) is 0. The Hall–Kier alpha value is -1.22. The molecule has 0 saturated carbocycles. The summed E-state index contributed by atoms with van der Waals surface area (Å²) >= 11 is 0. The number of rotatable bonds is 4. The third-order valence-electron chi connectivity index (χ3n) is 2.42. The minimum Gasteiger partial charge on any atom is -0.399 e. The zero-order chi connectivity index (χ0) is 12.0. The second-order valence-electron chi connectivity index (χ2n) is 3.91. The van der Waals surface area contributed by atoms with Crippen LogP contribution in [0.5, 0.6) is 0 Å². The summed E-state index contributed by atoms with van der Waals surface area (Å²) < 4.78 is 0. The van der Waals surface area contributed by atoms with Crippen molar-refractivity contribution in [3.05, 3.63) is 34.2 Å². The lowest BCUT2D eigenvalue weighted by molar-refractivity contribution is 0.683. The molecule has 3 nitrogen and oxygen atoms in total. The minimum absolute atomic E-state index is 0.837. The monoisotopic (exact) mass is 209 g/mol. The molecule has 0 bridgehead atoms. The second-order valence-corrected chi connectivity index (χ2v) is 3.91. The van der Waals surface area contributed by atoms with Gasteiger partial charge in [0.1, 0.15) is 0 Å². The minimum atomic E-state index is 0.837. The van der Waals surface area contributed by atoms with E-state index < -0.39 is 0 Å². The van der Waals surface area contributed by atoms with Crippen LogP contribution < -0.4 is 16.6 Å². The Balaban J connectivity index is 4.94. The summed E-state index contributed by atoms with van der Waals surface area (Å²) in [6, 6.07) is 0. The largest absolute Gasteiger partial charge is 0.399 e. The first-order valence-electron chi connectivity index (χ1n) is 5.12. The molecule has 15 heavy (non-hydrogen) atoms. The van der Waals surface area contributed by atoms with Gasteiger partial charge in [-0.3, -0.25) is 0 Å². The van der Waals surface area contributed by atoms with Crippen LogP contribution in [0.25, 0.3) is 0 Å². The summed E-state index contributed by atoms with van der Waals surface area (Å²) in [5.74, 6) is 0. The molecule has 0 aromatic carbocycles. The van der Waals surface area contributed by atoms with Crippen molar-refractivity contribution in [1.82, 2.24) is 10.9 Å². The second kappa shape index (κ2) is 6.30. The maximum atomic E-state index is 5.87. The van der Waals surface area contributed by atoms with Crippen molar-refractivity contribution in [2.24, 2.45) is 5.73 Å². The van der Waals surface area contributed by atoms with Gasteiger partial charge in [-0.2, -0.15) is 0 Å². The molecule has 0 aromatic heterocycles. The van der Waals surface area contributed by atoms with Gasteiger partial charge in [-0.25, -0.2) is 5.43 Å². The molecule has 0 aliphatic heterocycles. The fourth-order valence-corrected chi connectivity index (χ4v) is 1.06. The van der Waals surface area contributed by atoms with Gasteiger partial charge >= 0.3 is 0 Å². The normalized spacial score (nSPS) is 13.3. The molecule has 0 heterocycles. The van der Waals surface area contributed by atoms with E-state index in [2.05, 4.69) is 24.7 Å². The highest BCUT2D eigenvalue weighted by molar-refractivity contribution is 5.36. The van der Waals surface area contributed by atoms with E-state index in [1.54, 1.807) is 0 Å². The highest BCUT2D eigenvalue weighted by Crippen LogP contribution is 2.13. The van der Waals surface area contributed by atoms with E-state index >= 15 is 0 Å². The Bertz CT molecular complexity index is 305. The first kappa shape index (κ1) is 13.8. The van der Waals surface area contributed by atoms with Gasteiger partial charge in [0.2, 0.25) is 0 Å². The average Bonchev–Trinajstić information content (AvgIpc) is 2.16. The van der Waals surface area contributed by atoms with Crippen molar-refractivity contribution < 1.29 is 0 Å². The average molecular weight is 209 g/mol. The standard InChI is InChI=1S/C12H23N3/c1-8(2)12(13)7-9(3)10(4)11(5)15-14-6/h7,14-15H,13H2,1-6H3/b9-7+,11-10+. The van der Waals surface area contributed by atoms with E-state index in [9.17, 15) is 0 Å². The predicted molar refractivity (Wildman–Crippen MR) is 66.9 cm³/mol. The van der Waals surface area contributed by atoms with Crippen LogP contribution >= 0.6 is 0 Å². The van der Waals surface area contributed by atoms with Gasteiger partial charge in [0, 0.05) is 18.4 Å². The zero-order valence-corrected chi connectivity index (χ0v) is 10.7. The molecule has 0 rings (SSSR count). The van der Waals surface area contributed by atoms with Crippen LogP contribution in [0.2, 0.25) is 0 Å². The van der Waals surface area contributed by atoms with E-state index in [4.69, 9.17) is 5.73 Å². The molecule has 0 aromatic rings. The van der Waals surface area contributed by atoms with Crippen molar-refractivity contribution in [1.29, 1.82) is 0 Å². The first-order chi connectivity index (χ1) is 6.90. The van der Waals surface area contributed by atoms with Gasteiger partial charge in [0.25, 0.3) is 0 Å². The summed E-state index contributed by atoms with van der Waals surface area (Å²) in [4.78, 5) is 0. The molecular weight excluding hydrogens is 186 g/mol. The van der Waals surface area contributed by atoms with Crippen LogP contribution in [0.4, 0.5) is 0 Å². The van der Waals surface area contributed by atoms with Gasteiger partial charge < -0.3 is 11.2 Å². The quantitative estimate of drug-likeness (QED) is 0.491. The maximum Gasteiger partial charge on any atom is 0.0303 e. The Morgan fingerprint density at radius 2 is 1.60 bits per heavy atom. The molecular formula is C12H23N3. The third-order valence-corrected chi connectivity index (χ3v) is 2.42. The number of allylic oxidation sites excluding steroid dienone is 5. The van der Waals surface area contributed by atoms with Crippen LogP contribution in [0.3, 0.4) is 0 Å². The predicted octanol–water partition coefficient (Wildman–Crippen LogP) is 2.20. The number of nitrogens with one attached hydrogen (secondary N) is 2. The Labute approximate surface area is 93.1 Å². The first-order valence-corrected chi connectivity index (χ1v) is 5.12. The smallest absolute Gasteiger partial charge is 0.0303 e. The van der Waals surface area contributed by atoms with Crippen LogP contribution in [0.1, 0.15) is 34.6 Å². The van der Waals surface area contributed by atoms with E-state index in [-0.39, 0.29) is 0 Å². The Morgan fingerprint density at radius 1 is 1.07 bits per heavy atom. The molecule has 0 saturated heterocycles. The molecule has 0 aliphatic carbocycles. The molecule has 3 heteroatoms. The zero-order valence-electron chi connectivity index (χ0n) is 10.7. The van der Waals surface area contributed by atoms with Crippen LogP contribution in [-0.2, 0) is 0 Å². The molecule has 86 valence electrons. The topological polar surface area (TPSA) is 50.1 Å². The molecule has 0 unspecified atom stereocenters. The van der Waals surface area contributed by atoms with Gasteiger partial charge in [-0.1, -0.05) is 5.57 Å². The highest BCUT2D eigenvalue weighted by Gasteiger charge is 1.99. The van der Waals surface area contributed by atoms with E-state index in [0.717, 1.165) is 17.0 Å². The lowest BCUT2D eigenvalue weighted by Crippen LogP contribution is -2.26. The van der Waals surface area contributed by atoms with Gasteiger partial charge in [0.05, 0.1) is 0 Å². The van der Waals surface area contributed by atoms with Gasteiger partial charge in [-0.05, 0) is 51.8 Å². The third kappa shape index (κ3) is 4.70. The summed E-state index contributed by atoms with van der Waals surface area (Å²) in [6.45, 7) is 10.2. The van der Waals surface area contributed by atoms with Gasteiger partial charge in [-0.15, -0.1) is 0 Å². The van der Waals surface area contributed by atoms with E-state index in [1.807, 2.05) is 33.9 Å². The van der Waals surface area contributed by atoms with Crippen molar-refractivity contribution >= 4 is 0 Å². The van der Waals surface area contributed by atoms with E-state index in [1.165, 1.54) is 11.1 Å². The highest BCUT2D eigenvalue weighted by atomic mass is 15.3. The molecule has 0 spiro atoms. The van der Waals surface area contributed by atoms with Crippen molar-refractivity contribution in [3.8, 4) is 0 Å². The molecule has 0 aliphatic rings. The lowest BCUT2D eigenvalue weighted by Gasteiger charge is -2.10. The van der Waals surface area contributed by atoms with Crippen molar-refractivity contribution in [3.63, 3.8) is 0 Å². The summed E-state index contributed by atoms with van der Waals surface area (Å²) in [5.41, 5.74) is 17.3. The van der Waals surface area contributed by atoms with Gasteiger partial charge in [0.15, 0.2) is 0 Å². The van der Waals surface area contributed by atoms with Crippen LogP contribution in [0, 0.1) is 0 Å². The maximum absolute atomic E-state index is 5.87. The van der Waals surface area contributed by atoms with E-state index in [0.29, 0.717) is 0 Å². The summed E-state index contributed by atoms with van der Waals surface area (Å²) in [7, 11) is 1.85. The molecule has 0 fully saturated rings. The van der Waals surface area contributed by atoms with Crippen molar-refractivity contribution in [2.75, 3.05) is 7.05 Å². The fourth-order valence-electron chi connectivity index (χ4n) is 1.06. The number of hydrogen-bond donors (Lipinski definition) is 3. The number of nitrogens with two attached hydrogens (primary N) is 1. The number of hydrogen-bond acceptors (Lipinski definition) is 3.